The Morgan fingerprint density at radius 1 is 1.12 bits per heavy atom. The fraction of sp³-hybridized carbons (Fsp3) is 0.444. The number of aromatic hydroxyl groups is 1. The number of amidine groups is 1. The molecule has 24 heavy (non-hydrogen) atoms. The number of nitrogens with two attached hydrogens (primary N) is 1. The molecular weight excluding hydrogens is 322 g/mol. The topological polar surface area (TPSA) is 87.7 Å². The van der Waals surface area contributed by atoms with Gasteiger partial charge in [-0.05, 0) is 46.4 Å². The molecular formula is C18H25N3O2S. The number of carbonyl (C=O) groups excluding carboxylic acids is 1. The van der Waals surface area contributed by atoms with Gasteiger partial charge in [-0.1, -0.05) is 41.5 Å². The molecule has 1 amide bonds. The second kappa shape index (κ2) is 6.16. The third-order valence-electron chi connectivity index (χ3n) is 3.81. The molecule has 0 aromatic heterocycles. The van der Waals surface area contributed by atoms with E-state index in [1.54, 1.807) is 0 Å². The molecule has 130 valence electrons. The number of hydrogen-bond acceptors (Lipinski definition) is 5. The Kier molecular flexibility index (Phi) is 4.72. The van der Waals surface area contributed by atoms with Crippen LogP contribution in [0.3, 0.4) is 0 Å². The summed E-state index contributed by atoms with van der Waals surface area (Å²) in [6.07, 6.45) is 1.81. The Morgan fingerprint density at radius 2 is 1.62 bits per heavy atom. The molecule has 5 nitrogen and oxygen atoms in total. The van der Waals surface area contributed by atoms with Crippen LogP contribution in [0, 0.1) is 0 Å². The molecule has 1 aliphatic rings. The van der Waals surface area contributed by atoms with E-state index in [0.29, 0.717) is 15.8 Å². The molecule has 4 N–H and O–H groups in total. The first-order valence-corrected chi connectivity index (χ1v) is 8.62. The predicted octanol–water partition coefficient (Wildman–Crippen LogP) is 3.42. The first-order valence-electron chi connectivity index (χ1n) is 7.80. The lowest BCUT2D eigenvalue weighted by molar-refractivity contribution is -0.115. The second-order valence-electron chi connectivity index (χ2n) is 7.96. The number of thioether (sulfide) groups is 1. The summed E-state index contributed by atoms with van der Waals surface area (Å²) >= 11 is 1.21. The fourth-order valence-corrected chi connectivity index (χ4v) is 3.27. The summed E-state index contributed by atoms with van der Waals surface area (Å²) in [5.41, 5.74) is 2.16. The van der Waals surface area contributed by atoms with Gasteiger partial charge in [-0.3, -0.25) is 10.1 Å². The number of phenols is 1. The Hall–Kier alpha value is -1.95. The first kappa shape index (κ1) is 18.4. The number of benzene rings is 1. The molecule has 2 rings (SSSR count). The van der Waals surface area contributed by atoms with Crippen molar-refractivity contribution in [2.45, 2.75) is 52.4 Å². The fourth-order valence-electron chi connectivity index (χ4n) is 2.52. The van der Waals surface area contributed by atoms with E-state index >= 15 is 0 Å². The quantitative estimate of drug-likeness (QED) is 0.413. The van der Waals surface area contributed by atoms with Crippen molar-refractivity contribution in [3.8, 4) is 5.75 Å². The Morgan fingerprint density at radius 3 is 2.00 bits per heavy atom. The molecule has 0 spiro atoms. The SMILES string of the molecule is CC(C)(C)c1cc(/C=C2\S/C(=N\N)NC2=O)cc(C(C)(C)C)c1O. The molecule has 6 heteroatoms. The summed E-state index contributed by atoms with van der Waals surface area (Å²) in [5, 5.41) is 17.3. The molecule has 1 saturated heterocycles. The average Bonchev–Trinajstić information content (AvgIpc) is 2.78. The van der Waals surface area contributed by atoms with E-state index in [9.17, 15) is 9.90 Å². The molecule has 0 atom stereocenters. The third-order valence-corrected chi connectivity index (χ3v) is 4.74. The normalized spacial score (nSPS) is 19.2. The van der Waals surface area contributed by atoms with Gasteiger partial charge in [-0.25, -0.2) is 0 Å². The van der Waals surface area contributed by atoms with Crippen molar-refractivity contribution >= 4 is 28.9 Å². The molecule has 0 unspecified atom stereocenters. The van der Waals surface area contributed by atoms with E-state index in [4.69, 9.17) is 5.84 Å². The summed E-state index contributed by atoms with van der Waals surface area (Å²) in [6, 6.07) is 3.87. The zero-order chi connectivity index (χ0) is 18.3. The maximum atomic E-state index is 12.0. The summed E-state index contributed by atoms with van der Waals surface area (Å²) in [4.78, 5) is 12.5. The van der Waals surface area contributed by atoms with Crippen LogP contribution < -0.4 is 11.2 Å². The van der Waals surface area contributed by atoms with E-state index in [1.165, 1.54) is 11.8 Å². The molecule has 1 aliphatic heterocycles. The molecule has 0 bridgehead atoms. The number of phenolic OH excluding ortho intramolecular Hbond substituents is 1. The van der Waals surface area contributed by atoms with Crippen LogP contribution in [0.15, 0.2) is 22.1 Å². The highest BCUT2D eigenvalue weighted by molar-refractivity contribution is 8.18. The number of nitrogens with one attached hydrogen (secondary N) is 1. The highest BCUT2D eigenvalue weighted by Crippen LogP contribution is 2.40. The number of hydrazone groups is 1. The number of carbonyl (C=O) groups is 1. The lowest BCUT2D eigenvalue weighted by atomic mass is 9.78. The standard InChI is InChI=1S/C18H25N3O2S/c1-17(2,3)11-7-10(8-12(14(11)22)18(4,5)6)9-13-15(23)20-16(21-19)24-13/h7-9,22H,19H2,1-6H3,(H,20,21,23)/b13-9-. The number of hydrogen-bond donors (Lipinski definition) is 3. The Bertz CT molecular complexity index is 703. The van der Waals surface area contributed by atoms with Crippen molar-refractivity contribution < 1.29 is 9.90 Å². The second-order valence-corrected chi connectivity index (χ2v) is 8.99. The minimum Gasteiger partial charge on any atom is -0.507 e. The molecule has 1 fully saturated rings. The lowest BCUT2D eigenvalue weighted by Gasteiger charge is -2.28. The average molecular weight is 347 g/mol. The van der Waals surface area contributed by atoms with Crippen LogP contribution >= 0.6 is 11.8 Å². The van der Waals surface area contributed by atoms with Crippen LogP contribution in [0.5, 0.6) is 5.75 Å². The van der Waals surface area contributed by atoms with Crippen LogP contribution in [0.4, 0.5) is 0 Å². The summed E-state index contributed by atoms with van der Waals surface area (Å²) < 4.78 is 0. The van der Waals surface area contributed by atoms with Crippen LogP contribution in [0.25, 0.3) is 6.08 Å². The number of rotatable bonds is 1. The van der Waals surface area contributed by atoms with Crippen LogP contribution in [-0.2, 0) is 15.6 Å². The van der Waals surface area contributed by atoms with Crippen molar-refractivity contribution in [1.82, 2.24) is 5.32 Å². The first-order chi connectivity index (χ1) is 10.9. The van der Waals surface area contributed by atoms with Crippen molar-refractivity contribution in [3.05, 3.63) is 33.7 Å². The van der Waals surface area contributed by atoms with E-state index in [2.05, 4.69) is 52.0 Å². The smallest absolute Gasteiger partial charge is 0.264 e. The number of nitrogens with zero attached hydrogens (tertiary/aromatic N) is 1. The molecule has 0 aliphatic carbocycles. The van der Waals surface area contributed by atoms with Gasteiger partial charge in [0.2, 0.25) is 0 Å². The van der Waals surface area contributed by atoms with Crippen molar-refractivity contribution in [1.29, 1.82) is 0 Å². The maximum Gasteiger partial charge on any atom is 0.264 e. The van der Waals surface area contributed by atoms with E-state index in [1.807, 2.05) is 18.2 Å². The predicted molar refractivity (Wildman–Crippen MR) is 101 cm³/mol. The number of amides is 1. The minimum absolute atomic E-state index is 0.215. The van der Waals surface area contributed by atoms with Gasteiger partial charge in [-0.15, -0.1) is 0 Å². The van der Waals surface area contributed by atoms with Gasteiger partial charge >= 0.3 is 0 Å². The Labute approximate surface area is 147 Å². The van der Waals surface area contributed by atoms with Crippen molar-refractivity contribution in [3.63, 3.8) is 0 Å². The van der Waals surface area contributed by atoms with Crippen molar-refractivity contribution in [2.24, 2.45) is 10.9 Å². The van der Waals surface area contributed by atoms with Gasteiger partial charge in [-0.2, -0.15) is 5.10 Å². The highest BCUT2D eigenvalue weighted by Gasteiger charge is 2.28. The maximum absolute atomic E-state index is 12.0. The van der Waals surface area contributed by atoms with Gasteiger partial charge in [0.05, 0.1) is 4.91 Å². The van der Waals surface area contributed by atoms with Crippen molar-refractivity contribution in [2.75, 3.05) is 0 Å². The summed E-state index contributed by atoms with van der Waals surface area (Å²) in [7, 11) is 0. The molecule has 0 radical (unpaired) electrons. The van der Waals surface area contributed by atoms with E-state index in [-0.39, 0.29) is 16.7 Å². The van der Waals surface area contributed by atoms with Gasteiger partial charge in [0.25, 0.3) is 5.91 Å². The lowest BCUT2D eigenvalue weighted by Crippen LogP contribution is -2.20. The monoisotopic (exact) mass is 347 g/mol. The summed E-state index contributed by atoms with van der Waals surface area (Å²) in [5.74, 6) is 5.33. The zero-order valence-corrected chi connectivity index (χ0v) is 15.8. The van der Waals surface area contributed by atoms with E-state index < -0.39 is 0 Å². The van der Waals surface area contributed by atoms with E-state index in [0.717, 1.165) is 16.7 Å². The van der Waals surface area contributed by atoms with Gasteiger partial charge in [0, 0.05) is 11.1 Å². The van der Waals surface area contributed by atoms with Crippen LogP contribution in [-0.4, -0.2) is 16.2 Å². The Balaban J connectivity index is 2.62. The van der Waals surface area contributed by atoms with Crippen LogP contribution in [0.2, 0.25) is 0 Å². The van der Waals surface area contributed by atoms with Gasteiger partial charge < -0.3 is 10.9 Å². The molecule has 1 aromatic carbocycles. The third kappa shape index (κ3) is 3.75. The molecule has 1 heterocycles. The molecule has 0 saturated carbocycles. The molecule has 1 aromatic rings. The largest absolute Gasteiger partial charge is 0.507 e. The van der Waals surface area contributed by atoms with Crippen LogP contribution in [0.1, 0.15) is 58.2 Å². The summed E-state index contributed by atoms with van der Waals surface area (Å²) in [6.45, 7) is 12.3. The van der Waals surface area contributed by atoms with Gasteiger partial charge in [0.1, 0.15) is 5.75 Å². The highest BCUT2D eigenvalue weighted by atomic mass is 32.2. The van der Waals surface area contributed by atoms with Gasteiger partial charge in [0.15, 0.2) is 5.17 Å². The minimum atomic E-state index is -0.216. The zero-order valence-electron chi connectivity index (χ0n) is 15.0.